The van der Waals surface area contributed by atoms with Gasteiger partial charge in [-0.15, -0.1) is 0 Å². The number of cyclic esters (lactones) is 2. The molecule has 1 saturated heterocycles. The third kappa shape index (κ3) is 1.25. The van der Waals surface area contributed by atoms with Crippen LogP contribution in [0.4, 0.5) is 0 Å². The summed E-state index contributed by atoms with van der Waals surface area (Å²) in [6.07, 6.45) is 1.85. The molecule has 0 radical (unpaired) electrons. The molecular weight excluding hydrogens is 288 g/mol. The standard InChI is InChI=1S/C20H16O3/c21-17-15-16(18(22)23-17)20(14-9-5-2-6-10-14)12-11-19(15,20)13-7-3-1-4-8-13/h1-10,15-16H,11-12H2/t15-,16+,19+,20-. The molecule has 1 heterocycles. The van der Waals surface area contributed by atoms with Crippen LogP contribution in [0, 0.1) is 11.8 Å². The Hall–Kier alpha value is -2.42. The van der Waals surface area contributed by atoms with Crippen molar-refractivity contribution in [3.63, 3.8) is 0 Å². The minimum Gasteiger partial charge on any atom is -0.393 e. The van der Waals surface area contributed by atoms with Gasteiger partial charge in [-0.05, 0) is 24.0 Å². The van der Waals surface area contributed by atoms with E-state index in [9.17, 15) is 9.59 Å². The summed E-state index contributed by atoms with van der Waals surface area (Å²) in [6, 6.07) is 20.3. The largest absolute Gasteiger partial charge is 0.393 e. The topological polar surface area (TPSA) is 43.4 Å². The molecule has 5 rings (SSSR count). The second-order valence-electron chi connectivity index (χ2n) is 6.87. The first-order valence-corrected chi connectivity index (χ1v) is 8.08. The highest BCUT2D eigenvalue weighted by Gasteiger charge is 2.84. The summed E-state index contributed by atoms with van der Waals surface area (Å²) < 4.78 is 5.04. The molecule has 0 spiro atoms. The predicted molar refractivity (Wildman–Crippen MR) is 83.6 cm³/mol. The molecule has 3 heteroatoms. The first kappa shape index (κ1) is 13.1. The molecule has 2 aromatic carbocycles. The molecule has 1 aliphatic heterocycles. The molecule has 0 N–H and O–H groups in total. The number of carbonyl (C=O) groups excluding carboxylic acids is 2. The molecule has 23 heavy (non-hydrogen) atoms. The zero-order valence-electron chi connectivity index (χ0n) is 12.6. The predicted octanol–water partition coefficient (Wildman–Crippen LogP) is 2.99. The lowest BCUT2D eigenvalue weighted by atomic mass is 9.26. The van der Waals surface area contributed by atoms with Crippen molar-refractivity contribution in [1.82, 2.24) is 0 Å². The van der Waals surface area contributed by atoms with Crippen LogP contribution in [0.3, 0.4) is 0 Å². The van der Waals surface area contributed by atoms with Crippen molar-refractivity contribution in [3.8, 4) is 0 Å². The summed E-state index contributed by atoms with van der Waals surface area (Å²) in [5.41, 5.74) is 1.73. The van der Waals surface area contributed by atoms with Crippen molar-refractivity contribution in [2.24, 2.45) is 11.8 Å². The van der Waals surface area contributed by atoms with E-state index in [4.69, 9.17) is 4.74 Å². The molecule has 4 atom stereocenters. The summed E-state index contributed by atoms with van der Waals surface area (Å²) in [6.45, 7) is 0. The first-order chi connectivity index (χ1) is 11.2. The van der Waals surface area contributed by atoms with E-state index in [1.165, 1.54) is 0 Å². The fraction of sp³-hybridized carbons (Fsp3) is 0.300. The van der Waals surface area contributed by atoms with Crippen LogP contribution in [-0.4, -0.2) is 11.9 Å². The highest BCUT2D eigenvalue weighted by atomic mass is 16.6. The Labute approximate surface area is 134 Å². The van der Waals surface area contributed by atoms with Gasteiger partial charge in [0.15, 0.2) is 0 Å². The quantitative estimate of drug-likeness (QED) is 0.633. The van der Waals surface area contributed by atoms with Gasteiger partial charge < -0.3 is 4.74 Å². The van der Waals surface area contributed by atoms with Gasteiger partial charge in [0.05, 0.1) is 11.8 Å². The number of benzene rings is 2. The molecule has 0 amide bonds. The molecule has 114 valence electrons. The monoisotopic (exact) mass is 304 g/mol. The highest BCUT2D eigenvalue weighted by molar-refractivity contribution is 6.02. The van der Waals surface area contributed by atoms with E-state index in [0.29, 0.717) is 0 Å². The molecule has 2 aliphatic carbocycles. The zero-order valence-corrected chi connectivity index (χ0v) is 12.6. The third-order valence-electron chi connectivity index (χ3n) is 6.39. The zero-order chi connectivity index (χ0) is 15.7. The fourth-order valence-corrected chi connectivity index (χ4v) is 5.54. The molecular formula is C20H16O3. The molecule has 3 fully saturated rings. The maximum Gasteiger partial charge on any atom is 0.318 e. The SMILES string of the molecule is O=C1OC(=O)[C@H]2[C@@H]1[C@]1(c3ccccc3)CC[C@]21c1ccccc1. The summed E-state index contributed by atoms with van der Waals surface area (Å²) >= 11 is 0. The summed E-state index contributed by atoms with van der Waals surface area (Å²) in [4.78, 5) is 24.7. The molecule has 3 aliphatic rings. The lowest BCUT2D eigenvalue weighted by Crippen LogP contribution is -2.77. The molecule has 3 nitrogen and oxygen atoms in total. The number of hydrogen-bond acceptors (Lipinski definition) is 3. The molecule has 0 bridgehead atoms. The van der Waals surface area contributed by atoms with Crippen molar-refractivity contribution < 1.29 is 14.3 Å². The van der Waals surface area contributed by atoms with Crippen LogP contribution in [0.5, 0.6) is 0 Å². The third-order valence-corrected chi connectivity index (χ3v) is 6.39. The average Bonchev–Trinajstić information content (AvgIpc) is 2.84. The Morgan fingerprint density at radius 3 is 1.43 bits per heavy atom. The van der Waals surface area contributed by atoms with E-state index in [0.717, 1.165) is 24.0 Å². The van der Waals surface area contributed by atoms with Crippen LogP contribution in [-0.2, 0) is 25.2 Å². The number of ether oxygens (including phenoxy) is 1. The smallest absolute Gasteiger partial charge is 0.318 e. The summed E-state index contributed by atoms with van der Waals surface area (Å²) in [5, 5.41) is 0. The minimum atomic E-state index is -0.338. The molecule has 2 aromatic rings. The van der Waals surface area contributed by atoms with Crippen LogP contribution >= 0.6 is 0 Å². The lowest BCUT2D eigenvalue weighted by Gasteiger charge is -2.73. The summed E-state index contributed by atoms with van der Waals surface area (Å²) in [7, 11) is 0. The van der Waals surface area contributed by atoms with Crippen molar-refractivity contribution in [2.75, 3.05) is 0 Å². The Kier molecular flexibility index (Phi) is 2.33. The number of rotatable bonds is 2. The van der Waals surface area contributed by atoms with Crippen LogP contribution in [0.1, 0.15) is 24.0 Å². The van der Waals surface area contributed by atoms with Crippen LogP contribution < -0.4 is 0 Å². The minimum absolute atomic E-state index is 0.288. The first-order valence-electron chi connectivity index (χ1n) is 8.08. The highest BCUT2D eigenvalue weighted by Crippen LogP contribution is 2.78. The van der Waals surface area contributed by atoms with E-state index >= 15 is 0 Å². The van der Waals surface area contributed by atoms with Gasteiger partial charge in [-0.2, -0.15) is 0 Å². The van der Waals surface area contributed by atoms with Crippen molar-refractivity contribution in [3.05, 3.63) is 71.8 Å². The Bertz CT molecular complexity index is 744. The number of esters is 2. The van der Waals surface area contributed by atoms with Crippen molar-refractivity contribution >= 4 is 11.9 Å². The van der Waals surface area contributed by atoms with Gasteiger partial charge >= 0.3 is 11.9 Å². The van der Waals surface area contributed by atoms with Gasteiger partial charge in [0.1, 0.15) is 0 Å². The Morgan fingerprint density at radius 1 is 0.696 bits per heavy atom. The number of hydrogen-bond donors (Lipinski definition) is 0. The van der Waals surface area contributed by atoms with Gasteiger partial charge in [-0.25, -0.2) is 0 Å². The molecule has 0 aromatic heterocycles. The van der Waals surface area contributed by atoms with E-state index in [2.05, 4.69) is 24.3 Å². The molecule has 2 saturated carbocycles. The van der Waals surface area contributed by atoms with Crippen LogP contribution in [0.15, 0.2) is 60.7 Å². The van der Waals surface area contributed by atoms with Crippen LogP contribution in [0.2, 0.25) is 0 Å². The Morgan fingerprint density at radius 2 is 1.09 bits per heavy atom. The van der Waals surface area contributed by atoms with Crippen molar-refractivity contribution in [1.29, 1.82) is 0 Å². The second kappa shape index (κ2) is 4.10. The number of fused-ring (bicyclic) bond motifs is 4. The second-order valence-corrected chi connectivity index (χ2v) is 6.87. The van der Waals surface area contributed by atoms with E-state index < -0.39 is 0 Å². The Balaban J connectivity index is 1.76. The van der Waals surface area contributed by atoms with Gasteiger partial charge in [-0.3, -0.25) is 9.59 Å². The van der Waals surface area contributed by atoms with E-state index in [1.54, 1.807) is 0 Å². The van der Waals surface area contributed by atoms with Gasteiger partial charge in [0.2, 0.25) is 0 Å². The van der Waals surface area contributed by atoms with E-state index in [-0.39, 0.29) is 34.6 Å². The van der Waals surface area contributed by atoms with Gasteiger partial charge in [0, 0.05) is 10.8 Å². The van der Waals surface area contributed by atoms with E-state index in [1.807, 2.05) is 36.4 Å². The average molecular weight is 304 g/mol. The molecule has 0 unspecified atom stereocenters. The van der Waals surface area contributed by atoms with Gasteiger partial charge in [-0.1, -0.05) is 60.7 Å². The van der Waals surface area contributed by atoms with Crippen molar-refractivity contribution in [2.45, 2.75) is 23.7 Å². The maximum absolute atomic E-state index is 12.3. The normalized spacial score (nSPS) is 37.2. The number of carbonyl (C=O) groups is 2. The maximum atomic E-state index is 12.3. The van der Waals surface area contributed by atoms with Gasteiger partial charge in [0.25, 0.3) is 0 Å². The fourth-order valence-electron chi connectivity index (χ4n) is 5.54. The lowest BCUT2D eigenvalue weighted by molar-refractivity contribution is -0.174. The summed E-state index contributed by atoms with van der Waals surface area (Å²) in [5.74, 6) is -1.33. The van der Waals surface area contributed by atoms with Crippen LogP contribution in [0.25, 0.3) is 0 Å².